The van der Waals surface area contributed by atoms with E-state index in [1.165, 1.54) is 11.8 Å². The van der Waals surface area contributed by atoms with Crippen molar-refractivity contribution < 1.29 is 13.9 Å². The summed E-state index contributed by atoms with van der Waals surface area (Å²) in [5.74, 6) is 1.84. The predicted octanol–water partition coefficient (Wildman–Crippen LogP) is 4.73. The molecule has 0 saturated carbocycles. The Kier molecular flexibility index (Phi) is 5.28. The number of ether oxygens (including phenoxy) is 1. The summed E-state index contributed by atoms with van der Waals surface area (Å²) in [4.78, 5) is 14.3. The summed E-state index contributed by atoms with van der Waals surface area (Å²) in [6, 6.07) is 10.8. The minimum Gasteiger partial charge on any atom is -0.486 e. The summed E-state index contributed by atoms with van der Waals surface area (Å²) < 4.78 is 11.9. The molecule has 24 heavy (non-hydrogen) atoms. The Balaban J connectivity index is 1.67. The van der Waals surface area contributed by atoms with Gasteiger partial charge in [-0.3, -0.25) is 9.69 Å². The Morgan fingerprint density at radius 3 is 2.92 bits per heavy atom. The maximum atomic E-state index is 12.2. The van der Waals surface area contributed by atoms with Crippen LogP contribution in [0, 0.1) is 0 Å². The predicted molar refractivity (Wildman–Crippen MR) is 100 cm³/mol. The first-order valence-corrected chi connectivity index (χ1v) is 8.89. The molecule has 0 bridgehead atoms. The number of hydrogen-bond donors (Lipinski definition) is 0. The third-order valence-electron chi connectivity index (χ3n) is 3.32. The summed E-state index contributed by atoms with van der Waals surface area (Å²) >= 11 is 12.4. The van der Waals surface area contributed by atoms with Crippen molar-refractivity contribution in [3.8, 4) is 5.75 Å². The molecule has 0 unspecified atom stereocenters. The number of benzene rings is 1. The van der Waals surface area contributed by atoms with Gasteiger partial charge in [-0.05, 0) is 37.3 Å². The van der Waals surface area contributed by atoms with Crippen molar-refractivity contribution in [1.29, 1.82) is 0 Å². The lowest BCUT2D eigenvalue weighted by Crippen LogP contribution is -2.27. The number of carbonyl (C=O) groups excluding carboxylic acids is 1. The lowest BCUT2D eigenvalue weighted by atomic mass is 10.3. The van der Waals surface area contributed by atoms with Crippen LogP contribution in [0.3, 0.4) is 0 Å². The van der Waals surface area contributed by atoms with Crippen LogP contribution in [0.2, 0.25) is 5.02 Å². The largest absolute Gasteiger partial charge is 0.486 e. The first kappa shape index (κ1) is 17.1. The Labute approximate surface area is 154 Å². The summed E-state index contributed by atoms with van der Waals surface area (Å²) in [5, 5.41) is 0.616. The minimum absolute atomic E-state index is 0.0828. The quantitative estimate of drug-likeness (QED) is 0.554. The van der Waals surface area contributed by atoms with Gasteiger partial charge in [0, 0.05) is 17.6 Å². The van der Waals surface area contributed by atoms with Crippen molar-refractivity contribution >= 4 is 51.9 Å². The lowest BCUT2D eigenvalue weighted by molar-refractivity contribution is -0.121. The van der Waals surface area contributed by atoms with E-state index in [0.717, 1.165) is 0 Å². The van der Waals surface area contributed by atoms with Crippen molar-refractivity contribution in [1.82, 2.24) is 4.90 Å². The van der Waals surface area contributed by atoms with Crippen LogP contribution >= 0.6 is 35.6 Å². The zero-order valence-corrected chi connectivity index (χ0v) is 15.2. The third kappa shape index (κ3) is 3.83. The van der Waals surface area contributed by atoms with E-state index in [2.05, 4.69) is 0 Å². The molecule has 2 heterocycles. The average Bonchev–Trinajstić information content (AvgIpc) is 3.10. The zero-order chi connectivity index (χ0) is 17.1. The smallest absolute Gasteiger partial charge is 0.266 e. The van der Waals surface area contributed by atoms with Crippen LogP contribution in [0.25, 0.3) is 6.08 Å². The van der Waals surface area contributed by atoms with Crippen LogP contribution in [0.5, 0.6) is 5.75 Å². The number of carbonyl (C=O) groups is 1. The molecular weight excluding hydrogens is 366 g/mol. The SMILES string of the molecule is CCN1C(=O)/C(=C/c2ccc(COc3cccc(Cl)c3)o2)SC1=S. The molecule has 1 aromatic heterocycles. The van der Waals surface area contributed by atoms with Crippen LogP contribution < -0.4 is 4.74 Å². The van der Waals surface area contributed by atoms with Gasteiger partial charge in [-0.25, -0.2) is 0 Å². The van der Waals surface area contributed by atoms with Gasteiger partial charge in [0.25, 0.3) is 5.91 Å². The van der Waals surface area contributed by atoms with E-state index in [0.29, 0.717) is 38.1 Å². The van der Waals surface area contributed by atoms with Gasteiger partial charge < -0.3 is 9.15 Å². The van der Waals surface area contributed by atoms with Gasteiger partial charge >= 0.3 is 0 Å². The molecule has 1 amide bonds. The van der Waals surface area contributed by atoms with Gasteiger partial charge in [-0.2, -0.15) is 0 Å². The second-order valence-corrected chi connectivity index (χ2v) is 7.09. The highest BCUT2D eigenvalue weighted by Gasteiger charge is 2.30. The first-order chi connectivity index (χ1) is 11.6. The number of amides is 1. The van der Waals surface area contributed by atoms with E-state index in [1.54, 1.807) is 29.2 Å². The third-order valence-corrected chi connectivity index (χ3v) is 4.94. The molecule has 1 fully saturated rings. The topological polar surface area (TPSA) is 42.7 Å². The molecule has 1 saturated heterocycles. The van der Waals surface area contributed by atoms with Gasteiger partial charge in [0.15, 0.2) is 0 Å². The average molecular weight is 380 g/mol. The monoisotopic (exact) mass is 379 g/mol. The maximum Gasteiger partial charge on any atom is 0.266 e. The fourth-order valence-electron chi connectivity index (χ4n) is 2.16. The highest BCUT2D eigenvalue weighted by Crippen LogP contribution is 2.32. The van der Waals surface area contributed by atoms with Crippen molar-refractivity contribution in [2.75, 3.05) is 6.54 Å². The second kappa shape index (κ2) is 7.42. The summed E-state index contributed by atoms with van der Waals surface area (Å²) in [5.41, 5.74) is 0. The van der Waals surface area contributed by atoms with Crippen LogP contribution in [-0.4, -0.2) is 21.7 Å². The normalized spacial score (nSPS) is 16.2. The molecule has 0 spiro atoms. The molecule has 1 aliphatic heterocycles. The zero-order valence-electron chi connectivity index (χ0n) is 12.8. The van der Waals surface area contributed by atoms with Crippen molar-refractivity contribution in [2.24, 2.45) is 0 Å². The number of nitrogens with zero attached hydrogens (tertiary/aromatic N) is 1. The highest BCUT2D eigenvalue weighted by atomic mass is 35.5. The van der Waals surface area contributed by atoms with E-state index in [-0.39, 0.29) is 12.5 Å². The molecule has 1 aromatic carbocycles. The number of furan rings is 1. The number of likely N-dealkylation sites (N-methyl/N-ethyl adjacent to an activating group) is 1. The summed E-state index contributed by atoms with van der Waals surface area (Å²) in [6.45, 7) is 2.74. The summed E-state index contributed by atoms with van der Waals surface area (Å²) in [6.07, 6.45) is 1.71. The van der Waals surface area contributed by atoms with Crippen molar-refractivity contribution in [2.45, 2.75) is 13.5 Å². The lowest BCUT2D eigenvalue weighted by Gasteiger charge is -2.09. The van der Waals surface area contributed by atoms with Crippen LogP contribution in [0.4, 0.5) is 0 Å². The molecule has 0 atom stereocenters. The van der Waals surface area contributed by atoms with Crippen molar-refractivity contribution in [3.05, 3.63) is 57.8 Å². The Morgan fingerprint density at radius 1 is 1.38 bits per heavy atom. The second-order valence-electron chi connectivity index (χ2n) is 4.98. The van der Waals surface area contributed by atoms with Gasteiger partial charge in [0.2, 0.25) is 0 Å². The molecule has 0 aliphatic carbocycles. The summed E-state index contributed by atoms with van der Waals surface area (Å²) in [7, 11) is 0. The standard InChI is InChI=1S/C17H14ClNO3S2/c1-2-19-16(20)15(24-17(19)23)9-13-6-7-14(22-13)10-21-12-5-3-4-11(18)8-12/h3-9H,2,10H2,1H3/b15-9-. The van der Waals surface area contributed by atoms with E-state index in [9.17, 15) is 4.79 Å². The van der Waals surface area contributed by atoms with Crippen molar-refractivity contribution in [3.63, 3.8) is 0 Å². The minimum atomic E-state index is -0.0828. The van der Waals surface area contributed by atoms with Crippen LogP contribution in [-0.2, 0) is 11.4 Å². The number of halogens is 1. The Bertz CT molecular complexity index is 816. The molecule has 0 N–H and O–H groups in total. The van der Waals surface area contributed by atoms with Crippen LogP contribution in [0.1, 0.15) is 18.4 Å². The van der Waals surface area contributed by atoms with Crippen LogP contribution in [0.15, 0.2) is 45.7 Å². The number of thioether (sulfide) groups is 1. The van der Waals surface area contributed by atoms with E-state index in [4.69, 9.17) is 33.0 Å². The van der Waals surface area contributed by atoms with Gasteiger partial charge in [-0.15, -0.1) is 0 Å². The maximum absolute atomic E-state index is 12.2. The molecule has 4 nitrogen and oxygen atoms in total. The molecular formula is C17H14ClNO3S2. The van der Waals surface area contributed by atoms with E-state index < -0.39 is 0 Å². The van der Waals surface area contributed by atoms with E-state index in [1.807, 2.05) is 25.1 Å². The molecule has 1 aliphatic rings. The van der Waals surface area contributed by atoms with Gasteiger partial charge in [-0.1, -0.05) is 41.6 Å². The number of hydrogen-bond acceptors (Lipinski definition) is 5. The van der Waals surface area contributed by atoms with E-state index >= 15 is 0 Å². The first-order valence-electron chi connectivity index (χ1n) is 7.29. The molecule has 124 valence electrons. The highest BCUT2D eigenvalue weighted by molar-refractivity contribution is 8.26. The molecule has 3 rings (SSSR count). The number of rotatable bonds is 5. The Morgan fingerprint density at radius 2 is 2.21 bits per heavy atom. The fourth-order valence-corrected chi connectivity index (χ4v) is 3.71. The molecule has 7 heteroatoms. The Hall–Kier alpha value is -1.76. The molecule has 2 aromatic rings. The van der Waals surface area contributed by atoms with Gasteiger partial charge in [0.1, 0.15) is 28.2 Å². The fraction of sp³-hybridized carbons (Fsp3) is 0.176. The molecule has 0 radical (unpaired) electrons. The number of thiocarbonyl (C=S) groups is 1. The van der Waals surface area contributed by atoms with Gasteiger partial charge in [0.05, 0.1) is 4.91 Å².